The topological polar surface area (TPSA) is 73.0 Å². The molecule has 0 aromatic heterocycles. The molecule has 7 heteroatoms. The van der Waals surface area contributed by atoms with Gasteiger partial charge < -0.3 is 20.0 Å². The third kappa shape index (κ3) is 5.72. The molecule has 0 unspecified atom stereocenters. The number of anilines is 2. The van der Waals surface area contributed by atoms with Gasteiger partial charge in [-0.3, -0.25) is 14.4 Å². The van der Waals surface area contributed by atoms with E-state index in [0.29, 0.717) is 50.5 Å². The molecule has 0 radical (unpaired) electrons. The summed E-state index contributed by atoms with van der Waals surface area (Å²) in [6.07, 6.45) is 2.63. The van der Waals surface area contributed by atoms with Gasteiger partial charge in [-0.05, 0) is 56.9 Å². The second-order valence-electron chi connectivity index (χ2n) is 9.66. The van der Waals surface area contributed by atoms with Crippen molar-refractivity contribution in [2.45, 2.75) is 46.0 Å². The Morgan fingerprint density at radius 2 is 1.61 bits per heavy atom. The molecule has 2 aromatic carbocycles. The van der Waals surface area contributed by atoms with Crippen molar-refractivity contribution in [2.24, 2.45) is 5.92 Å². The van der Waals surface area contributed by atoms with E-state index in [1.807, 2.05) is 67.3 Å². The summed E-state index contributed by atoms with van der Waals surface area (Å²) >= 11 is 0. The van der Waals surface area contributed by atoms with Gasteiger partial charge in [-0.2, -0.15) is 0 Å². The first-order chi connectivity index (χ1) is 17.5. The van der Waals surface area contributed by atoms with Gasteiger partial charge in [0.2, 0.25) is 11.8 Å². The van der Waals surface area contributed by atoms with Crippen molar-refractivity contribution in [3.63, 3.8) is 0 Å². The van der Waals surface area contributed by atoms with Gasteiger partial charge >= 0.3 is 0 Å². The number of hydrogen-bond donors (Lipinski definition) is 1. The van der Waals surface area contributed by atoms with E-state index in [2.05, 4.69) is 17.1 Å². The maximum absolute atomic E-state index is 13.4. The Hall–Kier alpha value is -3.35. The van der Waals surface area contributed by atoms with Gasteiger partial charge in [0.1, 0.15) is 0 Å². The molecule has 1 N–H and O–H groups in total. The van der Waals surface area contributed by atoms with Gasteiger partial charge in [-0.15, -0.1) is 0 Å². The number of carbonyl (C=O) groups excluding carboxylic acids is 3. The van der Waals surface area contributed by atoms with E-state index in [4.69, 9.17) is 0 Å². The van der Waals surface area contributed by atoms with Crippen molar-refractivity contribution in [3.05, 3.63) is 59.7 Å². The molecule has 1 heterocycles. The van der Waals surface area contributed by atoms with Gasteiger partial charge in [-0.1, -0.05) is 37.3 Å². The van der Waals surface area contributed by atoms with Gasteiger partial charge in [0.15, 0.2) is 0 Å². The number of hydrogen-bond acceptors (Lipinski definition) is 4. The molecule has 1 aliphatic heterocycles. The minimum atomic E-state index is -0.132. The number of piperazine rings is 1. The Morgan fingerprint density at radius 3 is 2.19 bits per heavy atom. The van der Waals surface area contributed by atoms with Crippen molar-refractivity contribution < 1.29 is 14.4 Å². The van der Waals surface area contributed by atoms with Crippen LogP contribution in [0.1, 0.15) is 61.9 Å². The van der Waals surface area contributed by atoms with Crippen LogP contribution in [-0.4, -0.2) is 66.8 Å². The molecule has 1 atom stereocenters. The molecular formula is C29H38N4O3. The lowest BCUT2D eigenvalue weighted by Gasteiger charge is -2.38. The standard InChI is InChI=1S/C29H38N4O3/c1-4-24(21-10-8-7-9-11-21)28(35)33-18-16-32(17-19-33)26-15-14-23(30-27(34)22-12-13-22)20-25(26)29(36)31(5-2)6-3/h7-11,14-15,20,22,24H,4-6,12-13,16-19H2,1-3H3,(H,30,34)/t24-/m0/s1. The second kappa shape index (κ2) is 11.6. The van der Waals surface area contributed by atoms with Crippen LogP contribution in [0.25, 0.3) is 0 Å². The minimum absolute atomic E-state index is 0.0278. The lowest BCUT2D eigenvalue weighted by molar-refractivity contribution is -0.133. The fourth-order valence-corrected chi connectivity index (χ4v) is 4.96. The second-order valence-corrected chi connectivity index (χ2v) is 9.66. The third-order valence-corrected chi connectivity index (χ3v) is 7.33. The van der Waals surface area contributed by atoms with Gasteiger partial charge in [0.25, 0.3) is 5.91 Å². The Labute approximate surface area is 214 Å². The first kappa shape index (κ1) is 25.7. The van der Waals surface area contributed by atoms with Crippen molar-refractivity contribution >= 4 is 29.1 Å². The third-order valence-electron chi connectivity index (χ3n) is 7.33. The van der Waals surface area contributed by atoms with Gasteiger partial charge in [0.05, 0.1) is 11.5 Å². The average molecular weight is 491 g/mol. The van der Waals surface area contributed by atoms with Crippen LogP contribution in [0.5, 0.6) is 0 Å². The molecule has 4 rings (SSSR count). The van der Waals surface area contributed by atoms with Crippen LogP contribution in [0.2, 0.25) is 0 Å². The van der Waals surface area contributed by atoms with Crippen LogP contribution < -0.4 is 10.2 Å². The van der Waals surface area contributed by atoms with Crippen molar-refractivity contribution in [3.8, 4) is 0 Å². The maximum atomic E-state index is 13.4. The maximum Gasteiger partial charge on any atom is 0.256 e. The van der Waals surface area contributed by atoms with E-state index < -0.39 is 0 Å². The SMILES string of the molecule is CC[C@H](C(=O)N1CCN(c2ccc(NC(=O)C3CC3)cc2C(=O)N(CC)CC)CC1)c1ccccc1. The number of nitrogens with one attached hydrogen (secondary N) is 1. The van der Waals surface area contributed by atoms with Crippen LogP contribution in [-0.2, 0) is 9.59 Å². The summed E-state index contributed by atoms with van der Waals surface area (Å²) in [6.45, 7) is 9.78. The number of benzene rings is 2. The van der Waals surface area contributed by atoms with Crippen LogP contribution >= 0.6 is 0 Å². The van der Waals surface area contributed by atoms with E-state index in [-0.39, 0.29) is 29.6 Å². The van der Waals surface area contributed by atoms with Gasteiger partial charge in [-0.25, -0.2) is 0 Å². The molecule has 0 spiro atoms. The highest BCUT2D eigenvalue weighted by Crippen LogP contribution is 2.32. The van der Waals surface area contributed by atoms with E-state index >= 15 is 0 Å². The molecule has 1 saturated heterocycles. The normalized spacial score (nSPS) is 16.4. The molecule has 2 fully saturated rings. The summed E-state index contributed by atoms with van der Waals surface area (Å²) in [5, 5.41) is 2.98. The van der Waals surface area contributed by atoms with Crippen LogP contribution in [0.15, 0.2) is 48.5 Å². The van der Waals surface area contributed by atoms with E-state index in [1.54, 1.807) is 4.90 Å². The summed E-state index contributed by atoms with van der Waals surface area (Å²) < 4.78 is 0. The summed E-state index contributed by atoms with van der Waals surface area (Å²) in [6, 6.07) is 15.6. The summed E-state index contributed by atoms with van der Waals surface area (Å²) in [5.41, 5.74) is 3.18. The Balaban J connectivity index is 1.50. The molecule has 2 aromatic rings. The number of amides is 3. The largest absolute Gasteiger partial charge is 0.367 e. The monoisotopic (exact) mass is 490 g/mol. The molecule has 0 bridgehead atoms. The van der Waals surface area contributed by atoms with Crippen molar-refractivity contribution in [1.82, 2.24) is 9.80 Å². The molecule has 2 aliphatic rings. The summed E-state index contributed by atoms with van der Waals surface area (Å²) in [4.78, 5) is 45.0. The lowest BCUT2D eigenvalue weighted by atomic mass is 9.94. The number of rotatable bonds is 9. The predicted octanol–water partition coefficient (Wildman–Crippen LogP) is 4.36. The van der Waals surface area contributed by atoms with Crippen molar-refractivity contribution in [1.29, 1.82) is 0 Å². The first-order valence-electron chi connectivity index (χ1n) is 13.3. The zero-order chi connectivity index (χ0) is 25.7. The average Bonchev–Trinajstić information content (AvgIpc) is 3.76. The van der Waals surface area contributed by atoms with Crippen molar-refractivity contribution in [2.75, 3.05) is 49.5 Å². The molecule has 36 heavy (non-hydrogen) atoms. The lowest BCUT2D eigenvalue weighted by Crippen LogP contribution is -2.50. The Morgan fingerprint density at radius 1 is 0.944 bits per heavy atom. The zero-order valence-electron chi connectivity index (χ0n) is 21.7. The molecular weight excluding hydrogens is 452 g/mol. The minimum Gasteiger partial charge on any atom is -0.367 e. The highest BCUT2D eigenvalue weighted by molar-refractivity contribution is 6.02. The predicted molar refractivity (Wildman–Crippen MR) is 143 cm³/mol. The van der Waals surface area contributed by atoms with Crippen LogP contribution in [0, 0.1) is 5.92 Å². The number of nitrogens with zero attached hydrogens (tertiary/aromatic N) is 3. The number of carbonyl (C=O) groups is 3. The Kier molecular flexibility index (Phi) is 8.28. The first-order valence-corrected chi connectivity index (χ1v) is 13.3. The molecule has 1 saturated carbocycles. The van der Waals surface area contributed by atoms with Crippen LogP contribution in [0.4, 0.5) is 11.4 Å². The smallest absolute Gasteiger partial charge is 0.256 e. The molecule has 192 valence electrons. The highest BCUT2D eigenvalue weighted by atomic mass is 16.2. The molecule has 1 aliphatic carbocycles. The fraction of sp³-hybridized carbons (Fsp3) is 0.483. The molecule has 7 nitrogen and oxygen atoms in total. The van der Waals surface area contributed by atoms with E-state index in [9.17, 15) is 14.4 Å². The Bertz CT molecular complexity index is 1070. The molecule has 3 amide bonds. The fourth-order valence-electron chi connectivity index (χ4n) is 4.96. The quantitative estimate of drug-likeness (QED) is 0.567. The summed E-state index contributed by atoms with van der Waals surface area (Å²) in [7, 11) is 0. The summed E-state index contributed by atoms with van der Waals surface area (Å²) in [5.74, 6) is 0.124. The van der Waals surface area contributed by atoms with Crippen LogP contribution in [0.3, 0.4) is 0 Å². The van der Waals surface area contributed by atoms with E-state index in [0.717, 1.165) is 30.5 Å². The zero-order valence-corrected chi connectivity index (χ0v) is 21.7. The highest BCUT2D eigenvalue weighted by Gasteiger charge is 2.31. The van der Waals surface area contributed by atoms with E-state index in [1.165, 1.54) is 0 Å². The van der Waals surface area contributed by atoms with Gasteiger partial charge in [0, 0.05) is 56.6 Å².